The molecule has 0 saturated carbocycles. The number of fused-ring (bicyclic) bond motifs is 1. The maximum absolute atomic E-state index is 13.3. The van der Waals surface area contributed by atoms with Crippen LogP contribution in [0.5, 0.6) is 11.5 Å². The summed E-state index contributed by atoms with van der Waals surface area (Å²) >= 11 is 1.52. The maximum atomic E-state index is 13.3. The van der Waals surface area contributed by atoms with Crippen LogP contribution in [0.15, 0.2) is 42.5 Å². The van der Waals surface area contributed by atoms with Crippen molar-refractivity contribution in [3.8, 4) is 11.5 Å². The Labute approximate surface area is 169 Å². The highest BCUT2D eigenvalue weighted by Crippen LogP contribution is 2.32. The highest BCUT2D eigenvalue weighted by molar-refractivity contribution is 7.22. The van der Waals surface area contributed by atoms with E-state index in [1.807, 2.05) is 36.4 Å². The summed E-state index contributed by atoms with van der Waals surface area (Å²) in [6, 6.07) is 13.0. The summed E-state index contributed by atoms with van der Waals surface area (Å²) in [5.74, 6) is 1.35. The number of ether oxygens (including phenoxy) is 2. The van der Waals surface area contributed by atoms with Crippen molar-refractivity contribution in [2.75, 3.05) is 46.3 Å². The molecule has 7 heteroatoms. The second-order valence-corrected chi connectivity index (χ2v) is 7.84. The van der Waals surface area contributed by atoms with Crippen molar-refractivity contribution in [1.29, 1.82) is 0 Å². The minimum absolute atomic E-state index is 0.0707. The van der Waals surface area contributed by atoms with Gasteiger partial charge in [0.2, 0.25) is 0 Å². The molecule has 0 radical (unpaired) electrons. The Bertz CT molecular complexity index is 955. The van der Waals surface area contributed by atoms with Crippen LogP contribution in [0.25, 0.3) is 10.2 Å². The van der Waals surface area contributed by atoms with Gasteiger partial charge in [-0.1, -0.05) is 17.4 Å². The fourth-order valence-corrected chi connectivity index (χ4v) is 3.89. The Hall–Kier alpha value is -2.64. The molecule has 1 heterocycles. The van der Waals surface area contributed by atoms with Crippen LogP contribution in [0.4, 0.5) is 5.13 Å². The number of anilines is 1. The Morgan fingerprint density at radius 2 is 1.86 bits per heavy atom. The van der Waals surface area contributed by atoms with Gasteiger partial charge in [-0.15, -0.1) is 0 Å². The molecule has 3 aromatic rings. The molecule has 2 aromatic carbocycles. The summed E-state index contributed by atoms with van der Waals surface area (Å²) in [4.78, 5) is 21.1. The lowest BCUT2D eigenvalue weighted by Crippen LogP contribution is -3.05. The number of benzene rings is 2. The molecule has 1 aromatic heterocycles. The molecule has 0 fully saturated rings. The average molecular weight is 401 g/mol. The van der Waals surface area contributed by atoms with Gasteiger partial charge in [-0.05, 0) is 30.3 Å². The van der Waals surface area contributed by atoms with E-state index in [4.69, 9.17) is 14.5 Å². The van der Waals surface area contributed by atoms with Gasteiger partial charge in [0.25, 0.3) is 5.91 Å². The summed E-state index contributed by atoms with van der Waals surface area (Å²) in [7, 11) is 7.45. The minimum Gasteiger partial charge on any atom is -0.497 e. The summed E-state index contributed by atoms with van der Waals surface area (Å²) in [5.41, 5.74) is 1.43. The molecule has 0 aliphatic carbocycles. The average Bonchev–Trinajstić information content (AvgIpc) is 3.13. The van der Waals surface area contributed by atoms with Gasteiger partial charge in [-0.3, -0.25) is 9.69 Å². The zero-order chi connectivity index (χ0) is 20.1. The van der Waals surface area contributed by atoms with Gasteiger partial charge in [0, 0.05) is 24.6 Å². The molecule has 0 spiro atoms. The number of hydrogen-bond donors (Lipinski definition) is 1. The summed E-state index contributed by atoms with van der Waals surface area (Å²) < 4.78 is 11.6. The summed E-state index contributed by atoms with van der Waals surface area (Å²) in [5, 5.41) is 0.699. The molecule has 0 bridgehead atoms. The number of nitrogens with zero attached hydrogens (tertiary/aromatic N) is 2. The van der Waals surface area contributed by atoms with E-state index in [0.29, 0.717) is 23.0 Å². The first-order valence-electron chi connectivity index (χ1n) is 9.21. The molecule has 0 aliphatic rings. The summed E-state index contributed by atoms with van der Waals surface area (Å²) in [6.07, 6.45) is 0.886. The predicted molar refractivity (Wildman–Crippen MR) is 113 cm³/mol. The van der Waals surface area contributed by atoms with Crippen LogP contribution in [-0.4, -0.2) is 52.3 Å². The number of methoxy groups -OCH3 is 2. The van der Waals surface area contributed by atoms with Gasteiger partial charge < -0.3 is 14.4 Å². The van der Waals surface area contributed by atoms with Gasteiger partial charge in [-0.2, -0.15) is 0 Å². The molecular formula is C21H26N3O3S+. The van der Waals surface area contributed by atoms with E-state index >= 15 is 0 Å². The number of carbonyl (C=O) groups is 1. The van der Waals surface area contributed by atoms with Crippen molar-refractivity contribution in [2.24, 2.45) is 0 Å². The van der Waals surface area contributed by atoms with Gasteiger partial charge in [0.05, 0.1) is 45.1 Å². The third-order valence-electron chi connectivity index (χ3n) is 4.43. The van der Waals surface area contributed by atoms with Crippen molar-refractivity contribution >= 4 is 32.6 Å². The highest BCUT2D eigenvalue weighted by atomic mass is 32.1. The Kier molecular flexibility index (Phi) is 6.49. The third-order valence-corrected chi connectivity index (χ3v) is 5.49. The lowest BCUT2D eigenvalue weighted by Gasteiger charge is -2.20. The molecule has 28 heavy (non-hydrogen) atoms. The number of rotatable bonds is 8. The molecule has 3 rings (SSSR count). The Morgan fingerprint density at radius 3 is 2.57 bits per heavy atom. The molecule has 6 nitrogen and oxygen atoms in total. The molecule has 148 valence electrons. The van der Waals surface area contributed by atoms with E-state index < -0.39 is 0 Å². The largest absolute Gasteiger partial charge is 0.497 e. The number of thiazole rings is 1. The fraction of sp³-hybridized carbons (Fsp3) is 0.333. The molecule has 0 atom stereocenters. The SMILES string of the molecule is COc1cccc(C(=O)N(CCC[NH+](C)C)c2nc3cc(OC)ccc3s2)c1. The number of quaternary nitrogens is 1. The van der Waals surface area contributed by atoms with E-state index in [-0.39, 0.29) is 5.91 Å². The number of nitrogens with one attached hydrogen (secondary N) is 1. The van der Waals surface area contributed by atoms with Gasteiger partial charge in [0.15, 0.2) is 5.13 Å². The number of amides is 1. The van der Waals surface area contributed by atoms with Crippen LogP contribution in [0.2, 0.25) is 0 Å². The van der Waals surface area contributed by atoms with Crippen molar-refractivity contribution in [1.82, 2.24) is 4.98 Å². The maximum Gasteiger partial charge on any atom is 0.260 e. The van der Waals surface area contributed by atoms with E-state index in [1.54, 1.807) is 25.2 Å². The zero-order valence-electron chi connectivity index (χ0n) is 16.7. The lowest BCUT2D eigenvalue weighted by molar-refractivity contribution is -0.858. The van der Waals surface area contributed by atoms with Crippen molar-refractivity contribution in [3.05, 3.63) is 48.0 Å². The smallest absolute Gasteiger partial charge is 0.260 e. The molecule has 0 aliphatic heterocycles. The second kappa shape index (κ2) is 9.03. The first-order chi connectivity index (χ1) is 13.5. The quantitative estimate of drug-likeness (QED) is 0.631. The fourth-order valence-electron chi connectivity index (χ4n) is 2.92. The molecule has 1 N–H and O–H groups in total. The Balaban J connectivity index is 1.94. The molecule has 0 unspecified atom stereocenters. The highest BCUT2D eigenvalue weighted by Gasteiger charge is 2.22. The third kappa shape index (κ3) is 4.61. The standard InChI is InChI=1S/C21H25N3O3S/c1-23(2)11-6-12-24(20(25)15-7-5-8-16(13-15)26-3)21-22-18-14-17(27-4)9-10-19(18)28-21/h5,7-10,13-14H,6,11-12H2,1-4H3/p+1. The van der Waals surface area contributed by atoms with Crippen molar-refractivity contribution in [3.63, 3.8) is 0 Å². The van der Waals surface area contributed by atoms with Crippen LogP contribution in [0.1, 0.15) is 16.8 Å². The lowest BCUT2D eigenvalue weighted by atomic mass is 10.2. The van der Waals surface area contributed by atoms with Gasteiger partial charge in [-0.25, -0.2) is 4.98 Å². The van der Waals surface area contributed by atoms with E-state index in [9.17, 15) is 4.79 Å². The molecule has 0 saturated heterocycles. The van der Waals surface area contributed by atoms with Gasteiger partial charge in [0.1, 0.15) is 11.5 Å². The molecule has 1 amide bonds. The van der Waals surface area contributed by atoms with Crippen LogP contribution < -0.4 is 19.3 Å². The van der Waals surface area contributed by atoms with Crippen LogP contribution >= 0.6 is 11.3 Å². The Morgan fingerprint density at radius 1 is 1.11 bits per heavy atom. The number of aromatic nitrogens is 1. The van der Waals surface area contributed by atoms with Crippen molar-refractivity contribution < 1.29 is 19.2 Å². The second-order valence-electron chi connectivity index (χ2n) is 6.83. The first kappa shape index (κ1) is 20.1. The minimum atomic E-state index is -0.0707. The monoisotopic (exact) mass is 400 g/mol. The number of hydrogen-bond acceptors (Lipinski definition) is 5. The molecular weight excluding hydrogens is 374 g/mol. The summed E-state index contributed by atoms with van der Waals surface area (Å²) in [6.45, 7) is 1.58. The van der Waals surface area contributed by atoms with E-state index in [0.717, 1.165) is 28.9 Å². The normalized spacial score (nSPS) is 11.0. The number of carbonyl (C=O) groups excluding carboxylic acids is 1. The van der Waals surface area contributed by atoms with E-state index in [2.05, 4.69) is 14.1 Å². The predicted octanol–water partition coefficient (Wildman–Crippen LogP) is 2.49. The van der Waals surface area contributed by atoms with Crippen LogP contribution in [0, 0.1) is 0 Å². The zero-order valence-corrected chi connectivity index (χ0v) is 17.5. The topological polar surface area (TPSA) is 56.1 Å². The van der Waals surface area contributed by atoms with E-state index in [1.165, 1.54) is 16.2 Å². The van der Waals surface area contributed by atoms with Crippen LogP contribution in [0.3, 0.4) is 0 Å². The first-order valence-corrected chi connectivity index (χ1v) is 10.0. The van der Waals surface area contributed by atoms with Crippen LogP contribution in [-0.2, 0) is 0 Å². The van der Waals surface area contributed by atoms with Gasteiger partial charge >= 0.3 is 0 Å². The van der Waals surface area contributed by atoms with Crippen molar-refractivity contribution in [2.45, 2.75) is 6.42 Å².